The van der Waals surface area contributed by atoms with Crippen LogP contribution in [0.15, 0.2) is 57.2 Å². The molecule has 124 valence electrons. The van der Waals surface area contributed by atoms with Crippen molar-refractivity contribution in [1.29, 1.82) is 0 Å². The van der Waals surface area contributed by atoms with Crippen LogP contribution in [0, 0.1) is 6.92 Å². The second-order valence-corrected chi connectivity index (χ2v) is 7.59. The van der Waals surface area contributed by atoms with E-state index in [1.54, 1.807) is 25.1 Å². The van der Waals surface area contributed by atoms with Crippen molar-refractivity contribution in [2.45, 2.75) is 30.1 Å². The molecular formula is C18H17NO4S. The van der Waals surface area contributed by atoms with Gasteiger partial charge in [0.05, 0.1) is 10.3 Å². The van der Waals surface area contributed by atoms with E-state index < -0.39 is 15.3 Å². The fourth-order valence-corrected chi connectivity index (χ4v) is 3.89. The molecule has 0 spiro atoms. The molecule has 1 aromatic heterocycles. The summed E-state index contributed by atoms with van der Waals surface area (Å²) in [5, 5.41) is 9.95. The number of sulfone groups is 1. The molecule has 0 amide bonds. The van der Waals surface area contributed by atoms with Crippen molar-refractivity contribution in [3.8, 4) is 5.75 Å². The van der Waals surface area contributed by atoms with Gasteiger partial charge in [0, 0.05) is 11.7 Å². The number of aromatic hydroxyl groups is 1. The fourth-order valence-electron chi connectivity index (χ4n) is 2.58. The first-order chi connectivity index (χ1) is 11.3. The van der Waals surface area contributed by atoms with Gasteiger partial charge in [-0.1, -0.05) is 19.1 Å². The Balaban J connectivity index is 2.22. The summed E-state index contributed by atoms with van der Waals surface area (Å²) in [4.78, 5) is 15.2. The summed E-state index contributed by atoms with van der Waals surface area (Å²) in [6, 6.07) is 9.38. The predicted molar refractivity (Wildman–Crippen MR) is 92.2 cm³/mol. The maximum atomic E-state index is 12.8. The Morgan fingerprint density at radius 2 is 1.79 bits per heavy atom. The lowest BCUT2D eigenvalue weighted by molar-refractivity contribution is 0.472. The van der Waals surface area contributed by atoms with E-state index in [1.165, 1.54) is 24.4 Å². The van der Waals surface area contributed by atoms with Gasteiger partial charge in [0.2, 0.25) is 15.3 Å². The van der Waals surface area contributed by atoms with Gasteiger partial charge in [-0.2, -0.15) is 0 Å². The summed E-state index contributed by atoms with van der Waals surface area (Å²) >= 11 is 0. The standard InChI is InChI=1S/C18H17NO4S/c1-3-12-4-6-13(7-5-12)24(22,23)17-10-19-15-8-11(2)16(20)9-14(15)18(17)21/h4-10,20H,3H2,1-2H3,(H,19,21). The van der Waals surface area contributed by atoms with Crippen molar-refractivity contribution < 1.29 is 13.5 Å². The monoisotopic (exact) mass is 343 g/mol. The van der Waals surface area contributed by atoms with Gasteiger partial charge >= 0.3 is 0 Å². The summed E-state index contributed by atoms with van der Waals surface area (Å²) in [7, 11) is -3.93. The lowest BCUT2D eigenvalue weighted by Gasteiger charge is -2.08. The quantitative estimate of drug-likeness (QED) is 0.765. The van der Waals surface area contributed by atoms with Crippen LogP contribution in [0.3, 0.4) is 0 Å². The second-order valence-electron chi connectivity index (χ2n) is 5.67. The highest BCUT2D eigenvalue weighted by Gasteiger charge is 2.22. The molecule has 0 saturated heterocycles. The van der Waals surface area contributed by atoms with Crippen molar-refractivity contribution in [2.75, 3.05) is 0 Å². The Hall–Kier alpha value is -2.60. The minimum atomic E-state index is -3.93. The van der Waals surface area contributed by atoms with Gasteiger partial charge < -0.3 is 10.1 Å². The van der Waals surface area contributed by atoms with Gasteiger partial charge in [-0.05, 0) is 48.7 Å². The maximum absolute atomic E-state index is 12.8. The average Bonchev–Trinajstić information content (AvgIpc) is 2.57. The number of hydrogen-bond donors (Lipinski definition) is 2. The lowest BCUT2D eigenvalue weighted by atomic mass is 10.1. The Morgan fingerprint density at radius 1 is 1.12 bits per heavy atom. The molecule has 2 aromatic carbocycles. The number of aryl methyl sites for hydroxylation is 2. The topological polar surface area (TPSA) is 87.2 Å². The highest BCUT2D eigenvalue weighted by atomic mass is 32.2. The van der Waals surface area contributed by atoms with E-state index in [9.17, 15) is 18.3 Å². The summed E-state index contributed by atoms with van der Waals surface area (Å²) in [5.41, 5.74) is 1.47. The van der Waals surface area contributed by atoms with Gasteiger partial charge in [0.1, 0.15) is 10.6 Å². The molecule has 1 heterocycles. The van der Waals surface area contributed by atoms with Crippen molar-refractivity contribution in [3.05, 3.63) is 63.9 Å². The molecule has 2 N–H and O–H groups in total. The van der Waals surface area contributed by atoms with E-state index in [4.69, 9.17) is 0 Å². The number of pyridine rings is 1. The van der Waals surface area contributed by atoms with Crippen LogP contribution in [-0.4, -0.2) is 18.5 Å². The van der Waals surface area contributed by atoms with Gasteiger partial charge in [-0.3, -0.25) is 4.79 Å². The van der Waals surface area contributed by atoms with Crippen LogP contribution in [0.4, 0.5) is 0 Å². The lowest BCUT2D eigenvalue weighted by Crippen LogP contribution is -2.16. The second kappa shape index (κ2) is 5.79. The third-order valence-corrected chi connectivity index (χ3v) is 5.87. The molecule has 0 unspecified atom stereocenters. The van der Waals surface area contributed by atoms with E-state index in [0.717, 1.165) is 12.0 Å². The maximum Gasteiger partial charge on any atom is 0.211 e. The number of aromatic nitrogens is 1. The molecule has 6 heteroatoms. The predicted octanol–water partition coefficient (Wildman–Crippen LogP) is 2.94. The number of nitrogens with one attached hydrogen (secondary N) is 1. The van der Waals surface area contributed by atoms with E-state index in [0.29, 0.717) is 11.1 Å². The molecule has 24 heavy (non-hydrogen) atoms. The molecular weight excluding hydrogens is 326 g/mol. The number of fused-ring (bicyclic) bond motifs is 1. The molecule has 3 aromatic rings. The molecule has 0 bridgehead atoms. The SMILES string of the molecule is CCc1ccc(S(=O)(=O)c2c[nH]c3cc(C)c(O)cc3c2=O)cc1. The summed E-state index contributed by atoms with van der Waals surface area (Å²) < 4.78 is 25.5. The highest BCUT2D eigenvalue weighted by molar-refractivity contribution is 7.91. The van der Waals surface area contributed by atoms with Gasteiger partial charge in [0.25, 0.3) is 0 Å². The van der Waals surface area contributed by atoms with Crippen molar-refractivity contribution >= 4 is 20.7 Å². The molecule has 0 radical (unpaired) electrons. The molecule has 0 aliphatic rings. The molecule has 0 fully saturated rings. The van der Waals surface area contributed by atoms with Crippen LogP contribution < -0.4 is 5.43 Å². The Morgan fingerprint density at radius 3 is 2.42 bits per heavy atom. The first kappa shape index (κ1) is 16.3. The zero-order valence-electron chi connectivity index (χ0n) is 13.3. The molecule has 0 aliphatic heterocycles. The van der Waals surface area contributed by atoms with E-state index >= 15 is 0 Å². The van der Waals surface area contributed by atoms with Crippen LogP contribution in [-0.2, 0) is 16.3 Å². The van der Waals surface area contributed by atoms with Crippen LogP contribution in [0.5, 0.6) is 5.75 Å². The molecule has 0 atom stereocenters. The summed E-state index contributed by atoms with van der Waals surface area (Å²) in [6.45, 7) is 3.68. The molecule has 3 rings (SSSR count). The molecule has 5 nitrogen and oxygen atoms in total. The van der Waals surface area contributed by atoms with Gasteiger partial charge in [-0.25, -0.2) is 8.42 Å². The minimum absolute atomic E-state index is 0.0464. The number of phenolic OH excluding ortho intramolecular Hbond substituents is 1. The number of aromatic amines is 1. The Kier molecular flexibility index (Phi) is 3.93. The summed E-state index contributed by atoms with van der Waals surface area (Å²) in [5.74, 6) is -0.0464. The minimum Gasteiger partial charge on any atom is -0.508 e. The van der Waals surface area contributed by atoms with Crippen molar-refractivity contribution in [1.82, 2.24) is 4.98 Å². The zero-order valence-corrected chi connectivity index (χ0v) is 14.1. The van der Waals surface area contributed by atoms with Gasteiger partial charge in [-0.15, -0.1) is 0 Å². The highest BCUT2D eigenvalue weighted by Crippen LogP contribution is 2.24. The largest absolute Gasteiger partial charge is 0.508 e. The van der Waals surface area contributed by atoms with Crippen molar-refractivity contribution in [3.63, 3.8) is 0 Å². The fraction of sp³-hybridized carbons (Fsp3) is 0.167. The van der Waals surface area contributed by atoms with E-state index in [2.05, 4.69) is 4.98 Å². The number of benzene rings is 2. The van der Waals surface area contributed by atoms with Crippen LogP contribution in [0.25, 0.3) is 10.9 Å². The summed E-state index contributed by atoms with van der Waals surface area (Å²) in [6.07, 6.45) is 2.01. The van der Waals surface area contributed by atoms with Crippen LogP contribution >= 0.6 is 0 Å². The smallest absolute Gasteiger partial charge is 0.211 e. The number of rotatable bonds is 3. The number of H-pyrrole nitrogens is 1. The Bertz CT molecular complexity index is 1080. The first-order valence-electron chi connectivity index (χ1n) is 7.53. The van der Waals surface area contributed by atoms with Crippen LogP contribution in [0.2, 0.25) is 0 Å². The third-order valence-electron chi connectivity index (χ3n) is 4.09. The van der Waals surface area contributed by atoms with Crippen molar-refractivity contribution in [2.24, 2.45) is 0 Å². The average molecular weight is 343 g/mol. The number of phenols is 1. The third kappa shape index (κ3) is 2.59. The first-order valence-corrected chi connectivity index (χ1v) is 9.02. The molecule has 0 saturated carbocycles. The number of hydrogen-bond acceptors (Lipinski definition) is 4. The van der Waals surface area contributed by atoms with E-state index in [-0.39, 0.29) is 20.9 Å². The molecule has 0 aliphatic carbocycles. The normalized spacial score (nSPS) is 11.8. The van der Waals surface area contributed by atoms with Gasteiger partial charge in [0.15, 0.2) is 0 Å². The Labute approximate surface area is 139 Å². The van der Waals surface area contributed by atoms with E-state index in [1.807, 2.05) is 6.92 Å². The van der Waals surface area contributed by atoms with Crippen LogP contribution in [0.1, 0.15) is 18.1 Å². The zero-order chi connectivity index (χ0) is 17.5.